The van der Waals surface area contributed by atoms with Gasteiger partial charge in [0.2, 0.25) is 15.9 Å². The maximum absolute atomic E-state index is 13.1. The summed E-state index contributed by atoms with van der Waals surface area (Å²) >= 11 is 12.4. The van der Waals surface area contributed by atoms with Crippen LogP contribution in [0, 0.1) is 5.92 Å². The lowest BCUT2D eigenvalue weighted by Crippen LogP contribution is -2.45. The Morgan fingerprint density at radius 1 is 0.943 bits per heavy atom. The van der Waals surface area contributed by atoms with Gasteiger partial charge in [-0.3, -0.25) is 9.69 Å². The second-order valence-electron chi connectivity index (χ2n) is 9.53. The van der Waals surface area contributed by atoms with Gasteiger partial charge in [-0.05, 0) is 62.0 Å². The number of likely N-dealkylation sites (tertiary alicyclic amines) is 1. The predicted molar refractivity (Wildman–Crippen MR) is 141 cm³/mol. The van der Waals surface area contributed by atoms with Gasteiger partial charge in [0, 0.05) is 41.8 Å². The fourth-order valence-corrected chi connectivity index (χ4v) is 7.26. The Morgan fingerprint density at radius 2 is 1.63 bits per heavy atom. The fourth-order valence-electron chi connectivity index (χ4n) is 4.90. The minimum atomic E-state index is -3.65. The van der Waals surface area contributed by atoms with Crippen LogP contribution in [0.15, 0.2) is 42.5 Å². The molecule has 0 aromatic heterocycles. The van der Waals surface area contributed by atoms with Crippen LogP contribution in [0.5, 0.6) is 0 Å². The lowest BCUT2D eigenvalue weighted by Gasteiger charge is -2.31. The quantitative estimate of drug-likeness (QED) is 0.523. The standard InChI is InChI=1S/C26H33Cl2N3O3S/c27-24-10-5-11-25(28)23(24)19-35(33,34)31-14-6-9-22(18-31)26(32)29-16-20-7-4-8-21(15-20)17-30-12-2-1-3-13-30/h4-5,7-8,10-11,15,22H,1-3,6,9,12-14,16-19H2,(H,29,32). The van der Waals surface area contributed by atoms with E-state index in [-0.39, 0.29) is 24.1 Å². The van der Waals surface area contributed by atoms with E-state index in [0.29, 0.717) is 41.5 Å². The number of hydrogen-bond donors (Lipinski definition) is 1. The van der Waals surface area contributed by atoms with E-state index < -0.39 is 10.0 Å². The van der Waals surface area contributed by atoms with E-state index in [2.05, 4.69) is 22.3 Å². The molecule has 0 aliphatic carbocycles. The third-order valence-corrected chi connectivity index (χ3v) is 9.33. The zero-order valence-corrected chi connectivity index (χ0v) is 22.2. The summed E-state index contributed by atoms with van der Waals surface area (Å²) in [7, 11) is -3.65. The maximum atomic E-state index is 13.1. The Bertz CT molecular complexity index is 1120. The average Bonchev–Trinajstić information content (AvgIpc) is 2.86. The Morgan fingerprint density at radius 3 is 2.37 bits per heavy atom. The van der Waals surface area contributed by atoms with Gasteiger partial charge in [0.15, 0.2) is 0 Å². The molecule has 2 aliphatic heterocycles. The van der Waals surface area contributed by atoms with Crippen LogP contribution >= 0.6 is 23.2 Å². The van der Waals surface area contributed by atoms with E-state index in [0.717, 1.165) is 25.2 Å². The monoisotopic (exact) mass is 537 g/mol. The van der Waals surface area contributed by atoms with Crippen LogP contribution in [0.3, 0.4) is 0 Å². The van der Waals surface area contributed by atoms with E-state index in [4.69, 9.17) is 23.2 Å². The highest BCUT2D eigenvalue weighted by Crippen LogP contribution is 2.29. The number of hydrogen-bond acceptors (Lipinski definition) is 4. The number of sulfonamides is 1. The first-order valence-corrected chi connectivity index (χ1v) is 14.7. The van der Waals surface area contributed by atoms with E-state index in [1.165, 1.54) is 29.1 Å². The molecule has 0 bridgehead atoms. The molecule has 1 unspecified atom stereocenters. The number of benzene rings is 2. The maximum Gasteiger partial charge on any atom is 0.224 e. The van der Waals surface area contributed by atoms with Crippen molar-refractivity contribution < 1.29 is 13.2 Å². The molecule has 1 N–H and O–H groups in total. The Balaban J connectivity index is 1.32. The zero-order valence-electron chi connectivity index (χ0n) is 19.9. The first-order chi connectivity index (χ1) is 16.8. The van der Waals surface area contributed by atoms with Crippen LogP contribution < -0.4 is 5.32 Å². The summed E-state index contributed by atoms with van der Waals surface area (Å²) in [5.74, 6) is -0.761. The van der Waals surface area contributed by atoms with Crippen LogP contribution in [0.2, 0.25) is 10.0 Å². The van der Waals surface area contributed by atoms with Crippen LogP contribution in [-0.2, 0) is 33.7 Å². The summed E-state index contributed by atoms with van der Waals surface area (Å²) in [4.78, 5) is 15.4. The Kier molecular flexibility index (Phi) is 9.11. The van der Waals surface area contributed by atoms with Crippen molar-refractivity contribution in [1.29, 1.82) is 0 Å². The molecule has 2 aromatic carbocycles. The topological polar surface area (TPSA) is 69.7 Å². The fraction of sp³-hybridized carbons (Fsp3) is 0.500. The highest BCUT2D eigenvalue weighted by Gasteiger charge is 2.33. The van der Waals surface area contributed by atoms with Crippen molar-refractivity contribution >= 4 is 39.1 Å². The minimum absolute atomic E-state index is 0.109. The summed E-state index contributed by atoms with van der Waals surface area (Å²) in [5.41, 5.74) is 2.71. The number of rotatable bonds is 8. The van der Waals surface area contributed by atoms with Crippen molar-refractivity contribution in [3.63, 3.8) is 0 Å². The average molecular weight is 539 g/mol. The van der Waals surface area contributed by atoms with Crippen LogP contribution in [0.4, 0.5) is 0 Å². The number of nitrogens with zero attached hydrogens (tertiary/aromatic N) is 2. The molecule has 2 fully saturated rings. The number of nitrogens with one attached hydrogen (secondary N) is 1. The third-order valence-electron chi connectivity index (χ3n) is 6.85. The number of amides is 1. The van der Waals surface area contributed by atoms with Crippen molar-refractivity contribution in [2.75, 3.05) is 26.2 Å². The Hall–Kier alpha value is -1.64. The number of piperidine rings is 2. The van der Waals surface area contributed by atoms with E-state index >= 15 is 0 Å². The first-order valence-electron chi connectivity index (χ1n) is 12.3. The van der Waals surface area contributed by atoms with Gasteiger partial charge >= 0.3 is 0 Å². The molecule has 9 heteroatoms. The van der Waals surface area contributed by atoms with Gasteiger partial charge in [-0.1, -0.05) is 60.0 Å². The van der Waals surface area contributed by atoms with Gasteiger partial charge in [-0.2, -0.15) is 0 Å². The largest absolute Gasteiger partial charge is 0.352 e. The molecule has 190 valence electrons. The molecular formula is C26H33Cl2N3O3S. The molecular weight excluding hydrogens is 505 g/mol. The Labute approximate surface area is 218 Å². The van der Waals surface area contributed by atoms with Crippen LogP contribution in [-0.4, -0.2) is 49.7 Å². The summed E-state index contributed by atoms with van der Waals surface area (Å²) in [6.45, 7) is 4.23. The van der Waals surface area contributed by atoms with E-state index in [1.54, 1.807) is 18.2 Å². The lowest BCUT2D eigenvalue weighted by molar-refractivity contribution is -0.126. The van der Waals surface area contributed by atoms with Gasteiger partial charge in [0.05, 0.1) is 11.7 Å². The summed E-state index contributed by atoms with van der Waals surface area (Å²) in [6, 6.07) is 13.3. The van der Waals surface area contributed by atoms with Crippen molar-refractivity contribution in [1.82, 2.24) is 14.5 Å². The van der Waals surface area contributed by atoms with Gasteiger partial charge in [0.25, 0.3) is 0 Å². The molecule has 35 heavy (non-hydrogen) atoms. The SMILES string of the molecule is O=C(NCc1cccc(CN2CCCCC2)c1)C1CCCN(S(=O)(=O)Cc2c(Cl)cccc2Cl)C1. The third kappa shape index (κ3) is 7.20. The molecule has 1 amide bonds. The first kappa shape index (κ1) is 26.4. The molecule has 6 nitrogen and oxygen atoms in total. The molecule has 2 aliphatic rings. The van der Waals surface area contributed by atoms with Crippen LogP contribution in [0.1, 0.15) is 48.8 Å². The summed E-state index contributed by atoms with van der Waals surface area (Å²) in [6.07, 6.45) is 5.14. The van der Waals surface area contributed by atoms with Crippen molar-refractivity contribution in [3.05, 3.63) is 69.2 Å². The van der Waals surface area contributed by atoms with E-state index in [9.17, 15) is 13.2 Å². The van der Waals surface area contributed by atoms with Crippen molar-refractivity contribution in [2.24, 2.45) is 5.92 Å². The number of carbonyl (C=O) groups excluding carboxylic acids is 1. The summed E-state index contributed by atoms with van der Waals surface area (Å²) in [5, 5.41) is 3.68. The smallest absolute Gasteiger partial charge is 0.224 e. The second kappa shape index (κ2) is 12.1. The van der Waals surface area contributed by atoms with E-state index in [1.807, 2.05) is 12.1 Å². The molecule has 4 rings (SSSR count). The molecule has 2 aromatic rings. The molecule has 0 saturated carbocycles. The minimum Gasteiger partial charge on any atom is -0.352 e. The summed E-state index contributed by atoms with van der Waals surface area (Å²) < 4.78 is 27.6. The van der Waals surface area contributed by atoms with Gasteiger partial charge in [-0.15, -0.1) is 0 Å². The normalized spacial score (nSPS) is 20.0. The molecule has 0 spiro atoms. The number of halogens is 2. The second-order valence-corrected chi connectivity index (χ2v) is 12.3. The molecule has 0 radical (unpaired) electrons. The van der Waals surface area contributed by atoms with Crippen molar-refractivity contribution in [2.45, 2.75) is 50.9 Å². The highest BCUT2D eigenvalue weighted by atomic mass is 35.5. The van der Waals surface area contributed by atoms with Crippen LogP contribution in [0.25, 0.3) is 0 Å². The number of carbonyl (C=O) groups is 1. The molecule has 1 atom stereocenters. The highest BCUT2D eigenvalue weighted by molar-refractivity contribution is 7.88. The van der Waals surface area contributed by atoms with Gasteiger partial charge < -0.3 is 5.32 Å². The molecule has 2 saturated heterocycles. The molecule has 2 heterocycles. The van der Waals surface area contributed by atoms with Gasteiger partial charge in [0.1, 0.15) is 0 Å². The predicted octanol–water partition coefficient (Wildman–Crippen LogP) is 4.84. The lowest BCUT2D eigenvalue weighted by atomic mass is 9.98. The zero-order chi connectivity index (χ0) is 24.8. The van der Waals surface area contributed by atoms with Gasteiger partial charge in [-0.25, -0.2) is 12.7 Å². The van der Waals surface area contributed by atoms with Crippen molar-refractivity contribution in [3.8, 4) is 0 Å².